The van der Waals surface area contributed by atoms with E-state index in [1.165, 1.54) is 5.56 Å². The van der Waals surface area contributed by atoms with Gasteiger partial charge in [0.25, 0.3) is 0 Å². The summed E-state index contributed by atoms with van der Waals surface area (Å²) in [6.45, 7) is 5.26. The van der Waals surface area contributed by atoms with Gasteiger partial charge in [0, 0.05) is 31.1 Å². The first-order valence-corrected chi connectivity index (χ1v) is 6.89. The standard InChI is InChI=1S/C15H22N2O2/c1-3-6-15(7-8-16-11(2)18)10-17-14-5-4-12(19)9-13(14)15/h4-5,9,17,19H,3,6-8,10H2,1-2H3,(H,16,18). The van der Waals surface area contributed by atoms with Crippen LogP contribution in [0.1, 0.15) is 38.7 Å². The monoisotopic (exact) mass is 262 g/mol. The molecule has 0 saturated heterocycles. The fourth-order valence-electron chi connectivity index (χ4n) is 3.01. The van der Waals surface area contributed by atoms with Crippen LogP contribution >= 0.6 is 0 Å². The van der Waals surface area contributed by atoms with Gasteiger partial charge in [0.2, 0.25) is 5.91 Å². The Balaban J connectivity index is 2.22. The van der Waals surface area contributed by atoms with Gasteiger partial charge in [0.1, 0.15) is 5.75 Å². The van der Waals surface area contributed by atoms with Crippen LogP contribution in [0.4, 0.5) is 5.69 Å². The highest BCUT2D eigenvalue weighted by Crippen LogP contribution is 2.43. The Labute approximate surface area is 114 Å². The summed E-state index contributed by atoms with van der Waals surface area (Å²) < 4.78 is 0. The zero-order valence-corrected chi connectivity index (χ0v) is 11.6. The minimum absolute atomic E-state index is 0.00809. The summed E-state index contributed by atoms with van der Waals surface area (Å²) >= 11 is 0. The molecule has 1 aromatic carbocycles. The summed E-state index contributed by atoms with van der Waals surface area (Å²) in [6.07, 6.45) is 3.02. The average Bonchev–Trinajstić information content (AvgIpc) is 2.68. The lowest BCUT2D eigenvalue weighted by Gasteiger charge is -2.29. The van der Waals surface area contributed by atoms with E-state index in [0.29, 0.717) is 12.3 Å². The van der Waals surface area contributed by atoms with Gasteiger partial charge in [-0.15, -0.1) is 0 Å². The van der Waals surface area contributed by atoms with Crippen LogP contribution in [-0.4, -0.2) is 24.1 Å². The molecule has 1 atom stereocenters. The van der Waals surface area contributed by atoms with E-state index < -0.39 is 0 Å². The van der Waals surface area contributed by atoms with E-state index in [1.807, 2.05) is 12.1 Å². The summed E-state index contributed by atoms with van der Waals surface area (Å²) in [7, 11) is 0. The van der Waals surface area contributed by atoms with E-state index in [1.54, 1.807) is 13.0 Å². The highest BCUT2D eigenvalue weighted by molar-refractivity contribution is 5.72. The molecule has 1 heterocycles. The van der Waals surface area contributed by atoms with Crippen LogP contribution in [0.15, 0.2) is 18.2 Å². The number of aromatic hydroxyl groups is 1. The molecule has 0 radical (unpaired) electrons. The SMILES string of the molecule is CCCC1(CCNC(C)=O)CNc2ccc(O)cc21. The number of hydrogen-bond donors (Lipinski definition) is 3. The Morgan fingerprint density at radius 2 is 2.26 bits per heavy atom. The number of fused-ring (bicyclic) bond motifs is 1. The molecule has 3 N–H and O–H groups in total. The van der Waals surface area contributed by atoms with Crippen molar-refractivity contribution in [3.8, 4) is 5.75 Å². The van der Waals surface area contributed by atoms with Gasteiger partial charge in [0.15, 0.2) is 0 Å². The van der Waals surface area contributed by atoms with Crippen LogP contribution < -0.4 is 10.6 Å². The number of carbonyl (C=O) groups excluding carboxylic acids is 1. The molecule has 1 aliphatic rings. The first-order valence-electron chi connectivity index (χ1n) is 6.89. The Bertz CT molecular complexity index is 469. The largest absolute Gasteiger partial charge is 0.508 e. The smallest absolute Gasteiger partial charge is 0.216 e. The summed E-state index contributed by atoms with van der Waals surface area (Å²) in [5.41, 5.74) is 2.31. The predicted molar refractivity (Wildman–Crippen MR) is 76.5 cm³/mol. The first-order chi connectivity index (χ1) is 9.07. The lowest BCUT2D eigenvalue weighted by atomic mass is 9.75. The normalized spacial score (nSPS) is 20.7. The quantitative estimate of drug-likeness (QED) is 0.714. The maximum Gasteiger partial charge on any atom is 0.216 e. The second-order valence-corrected chi connectivity index (χ2v) is 5.35. The molecule has 19 heavy (non-hydrogen) atoms. The first kappa shape index (κ1) is 13.7. The number of hydrogen-bond acceptors (Lipinski definition) is 3. The molecule has 0 fully saturated rings. The second kappa shape index (κ2) is 5.51. The maximum atomic E-state index is 11.0. The van der Waals surface area contributed by atoms with E-state index >= 15 is 0 Å². The third-order valence-electron chi connectivity index (χ3n) is 3.90. The maximum absolute atomic E-state index is 11.0. The van der Waals surface area contributed by atoms with Gasteiger partial charge in [-0.2, -0.15) is 0 Å². The van der Waals surface area contributed by atoms with E-state index in [4.69, 9.17) is 0 Å². The van der Waals surface area contributed by atoms with Crippen molar-refractivity contribution in [3.05, 3.63) is 23.8 Å². The van der Waals surface area contributed by atoms with Crippen LogP contribution in [-0.2, 0) is 10.2 Å². The highest BCUT2D eigenvalue weighted by atomic mass is 16.3. The van der Waals surface area contributed by atoms with Gasteiger partial charge in [-0.1, -0.05) is 13.3 Å². The molecule has 1 aromatic rings. The van der Waals surface area contributed by atoms with Crippen molar-refractivity contribution < 1.29 is 9.90 Å². The molecule has 1 aliphatic heterocycles. The minimum atomic E-state index is 0.00809. The fraction of sp³-hybridized carbons (Fsp3) is 0.533. The Morgan fingerprint density at radius 1 is 1.47 bits per heavy atom. The summed E-state index contributed by atoms with van der Waals surface area (Å²) in [6, 6.07) is 5.50. The zero-order valence-electron chi connectivity index (χ0n) is 11.6. The molecular formula is C15H22N2O2. The highest BCUT2D eigenvalue weighted by Gasteiger charge is 2.37. The molecule has 1 amide bonds. The topological polar surface area (TPSA) is 61.4 Å². The summed E-state index contributed by atoms with van der Waals surface area (Å²) in [5, 5.41) is 16.0. The van der Waals surface area contributed by atoms with Gasteiger partial charge in [0.05, 0.1) is 0 Å². The van der Waals surface area contributed by atoms with E-state index in [2.05, 4.69) is 17.6 Å². The van der Waals surface area contributed by atoms with Gasteiger partial charge in [-0.3, -0.25) is 4.79 Å². The van der Waals surface area contributed by atoms with Gasteiger partial charge in [-0.25, -0.2) is 0 Å². The number of rotatable bonds is 5. The van der Waals surface area contributed by atoms with Crippen molar-refractivity contribution >= 4 is 11.6 Å². The van der Waals surface area contributed by atoms with Crippen molar-refractivity contribution in [1.29, 1.82) is 0 Å². The Kier molecular flexibility index (Phi) is 3.98. The molecular weight excluding hydrogens is 240 g/mol. The van der Waals surface area contributed by atoms with Crippen molar-refractivity contribution in [2.24, 2.45) is 0 Å². The fourth-order valence-corrected chi connectivity index (χ4v) is 3.01. The summed E-state index contributed by atoms with van der Waals surface area (Å²) in [4.78, 5) is 11.0. The van der Waals surface area contributed by atoms with Gasteiger partial charge < -0.3 is 15.7 Å². The Hall–Kier alpha value is -1.71. The molecule has 4 heteroatoms. The number of anilines is 1. The van der Waals surface area contributed by atoms with Crippen LogP contribution in [0.2, 0.25) is 0 Å². The molecule has 0 aromatic heterocycles. The molecule has 0 bridgehead atoms. The second-order valence-electron chi connectivity index (χ2n) is 5.35. The molecule has 0 aliphatic carbocycles. The Morgan fingerprint density at radius 3 is 2.95 bits per heavy atom. The molecule has 0 spiro atoms. The van der Waals surface area contributed by atoms with Crippen molar-refractivity contribution in [1.82, 2.24) is 5.32 Å². The van der Waals surface area contributed by atoms with Crippen molar-refractivity contribution in [2.75, 3.05) is 18.4 Å². The molecule has 2 rings (SSSR count). The summed E-state index contributed by atoms with van der Waals surface area (Å²) in [5.74, 6) is 0.316. The number of carbonyl (C=O) groups is 1. The number of benzene rings is 1. The number of nitrogens with one attached hydrogen (secondary N) is 2. The predicted octanol–water partition coefficient (Wildman–Crippen LogP) is 2.38. The zero-order chi connectivity index (χ0) is 13.9. The number of amides is 1. The number of phenols is 1. The van der Waals surface area contributed by atoms with Gasteiger partial charge in [-0.05, 0) is 36.6 Å². The van der Waals surface area contributed by atoms with Crippen LogP contribution in [0.5, 0.6) is 5.75 Å². The van der Waals surface area contributed by atoms with E-state index in [9.17, 15) is 9.90 Å². The average molecular weight is 262 g/mol. The van der Waals surface area contributed by atoms with Crippen LogP contribution in [0.25, 0.3) is 0 Å². The van der Waals surface area contributed by atoms with Crippen LogP contribution in [0.3, 0.4) is 0 Å². The molecule has 1 unspecified atom stereocenters. The third-order valence-corrected chi connectivity index (χ3v) is 3.90. The van der Waals surface area contributed by atoms with E-state index in [0.717, 1.165) is 31.5 Å². The van der Waals surface area contributed by atoms with Crippen molar-refractivity contribution in [2.45, 2.75) is 38.5 Å². The number of phenolic OH excluding ortho intramolecular Hbond substituents is 1. The van der Waals surface area contributed by atoms with E-state index in [-0.39, 0.29) is 11.3 Å². The lowest BCUT2D eigenvalue weighted by molar-refractivity contribution is -0.119. The van der Waals surface area contributed by atoms with Gasteiger partial charge >= 0.3 is 0 Å². The molecule has 0 saturated carbocycles. The van der Waals surface area contributed by atoms with Crippen molar-refractivity contribution in [3.63, 3.8) is 0 Å². The lowest BCUT2D eigenvalue weighted by Crippen LogP contribution is -2.34. The molecule has 4 nitrogen and oxygen atoms in total. The third kappa shape index (κ3) is 2.83. The van der Waals surface area contributed by atoms with Crippen LogP contribution in [0, 0.1) is 0 Å². The molecule has 104 valence electrons. The minimum Gasteiger partial charge on any atom is -0.508 e.